The lowest BCUT2D eigenvalue weighted by molar-refractivity contribution is -0.117. The Morgan fingerprint density at radius 2 is 1.65 bits per heavy atom. The summed E-state index contributed by atoms with van der Waals surface area (Å²) in [6, 6.07) is 9.52. The lowest BCUT2D eigenvalue weighted by Gasteiger charge is -2.33. The van der Waals surface area contributed by atoms with Crippen molar-refractivity contribution >= 4 is 44.8 Å². The van der Waals surface area contributed by atoms with Crippen LogP contribution in [0.4, 0.5) is 5.69 Å². The standard InChI is InChI=1S/C20H23Cl2N3O5S/c1-29-17-12-18(30-2)16(11-15(17)22)23-20(26)13-24-7-9-25(10-8-24)31(27,28)19-6-4-3-5-14(19)21/h3-6,11-12H,7-10,13H2,1-2H3,(H,23,26). The summed E-state index contributed by atoms with van der Waals surface area (Å²) in [5, 5.41) is 3.32. The first-order valence-electron chi connectivity index (χ1n) is 9.44. The van der Waals surface area contributed by atoms with E-state index >= 15 is 0 Å². The van der Waals surface area contributed by atoms with Crippen LogP contribution < -0.4 is 14.8 Å². The fourth-order valence-corrected chi connectivity index (χ4v) is 5.43. The fraction of sp³-hybridized carbons (Fsp3) is 0.350. The van der Waals surface area contributed by atoms with E-state index in [1.54, 1.807) is 30.3 Å². The van der Waals surface area contributed by atoms with Crippen LogP contribution >= 0.6 is 23.2 Å². The zero-order chi connectivity index (χ0) is 22.6. The van der Waals surface area contributed by atoms with Crippen molar-refractivity contribution < 1.29 is 22.7 Å². The first-order valence-corrected chi connectivity index (χ1v) is 11.6. The van der Waals surface area contributed by atoms with Crippen LogP contribution in [0.15, 0.2) is 41.3 Å². The minimum absolute atomic E-state index is 0.0892. The quantitative estimate of drug-likeness (QED) is 0.645. The zero-order valence-corrected chi connectivity index (χ0v) is 19.4. The minimum atomic E-state index is -3.68. The average molecular weight is 488 g/mol. The molecule has 1 saturated heterocycles. The summed E-state index contributed by atoms with van der Waals surface area (Å²) in [6.07, 6.45) is 0. The molecule has 11 heteroatoms. The summed E-state index contributed by atoms with van der Waals surface area (Å²) < 4.78 is 37.5. The van der Waals surface area contributed by atoms with E-state index in [9.17, 15) is 13.2 Å². The number of carbonyl (C=O) groups is 1. The second-order valence-electron chi connectivity index (χ2n) is 6.85. The highest BCUT2D eigenvalue weighted by Crippen LogP contribution is 2.35. The van der Waals surface area contributed by atoms with E-state index in [0.29, 0.717) is 35.3 Å². The SMILES string of the molecule is COc1cc(OC)c(NC(=O)CN2CCN(S(=O)(=O)c3ccccc3Cl)CC2)cc1Cl. The predicted octanol–water partition coefficient (Wildman–Crippen LogP) is 2.96. The summed E-state index contributed by atoms with van der Waals surface area (Å²) in [5.41, 5.74) is 0.429. The van der Waals surface area contributed by atoms with Crippen molar-refractivity contribution in [2.24, 2.45) is 0 Å². The largest absolute Gasteiger partial charge is 0.495 e. The van der Waals surface area contributed by atoms with Crippen molar-refractivity contribution in [3.63, 3.8) is 0 Å². The third kappa shape index (κ3) is 5.42. The van der Waals surface area contributed by atoms with Crippen LogP contribution in [0.1, 0.15) is 0 Å². The van der Waals surface area contributed by atoms with Crippen LogP contribution in [-0.2, 0) is 14.8 Å². The first kappa shape index (κ1) is 23.6. The van der Waals surface area contributed by atoms with Crippen molar-refractivity contribution in [1.82, 2.24) is 9.21 Å². The second kappa shape index (κ2) is 10.1. The van der Waals surface area contributed by atoms with Crippen molar-refractivity contribution in [3.8, 4) is 11.5 Å². The number of amides is 1. The molecular formula is C20H23Cl2N3O5S. The number of anilines is 1. The molecule has 8 nitrogen and oxygen atoms in total. The number of ether oxygens (including phenoxy) is 2. The average Bonchev–Trinajstić information content (AvgIpc) is 2.74. The summed E-state index contributed by atoms with van der Waals surface area (Å²) in [7, 11) is -0.709. The number of sulfonamides is 1. The molecule has 1 amide bonds. The van der Waals surface area contributed by atoms with Gasteiger partial charge in [-0.3, -0.25) is 9.69 Å². The number of rotatable bonds is 7. The Morgan fingerprint density at radius 1 is 1.00 bits per heavy atom. The molecule has 0 radical (unpaired) electrons. The molecule has 0 spiro atoms. The van der Waals surface area contributed by atoms with Gasteiger partial charge in [0.1, 0.15) is 16.4 Å². The number of piperazine rings is 1. The number of nitrogens with zero attached hydrogens (tertiary/aromatic N) is 2. The van der Waals surface area contributed by atoms with Crippen LogP contribution in [0.5, 0.6) is 11.5 Å². The van der Waals surface area contributed by atoms with E-state index in [4.69, 9.17) is 32.7 Å². The number of benzene rings is 2. The molecule has 3 rings (SSSR count). The smallest absolute Gasteiger partial charge is 0.244 e. The van der Waals surface area contributed by atoms with E-state index < -0.39 is 10.0 Å². The third-order valence-electron chi connectivity index (χ3n) is 4.90. The molecular weight excluding hydrogens is 465 g/mol. The Kier molecular flexibility index (Phi) is 7.66. The second-order valence-corrected chi connectivity index (χ2v) is 9.57. The van der Waals surface area contributed by atoms with Crippen LogP contribution in [0.2, 0.25) is 10.0 Å². The number of halogens is 2. The minimum Gasteiger partial charge on any atom is -0.495 e. The Morgan fingerprint density at radius 3 is 2.26 bits per heavy atom. The van der Waals surface area contributed by atoms with Crippen LogP contribution in [0.3, 0.4) is 0 Å². The monoisotopic (exact) mass is 487 g/mol. The van der Waals surface area contributed by atoms with Gasteiger partial charge in [-0.25, -0.2) is 8.42 Å². The number of nitrogens with one attached hydrogen (secondary N) is 1. The predicted molar refractivity (Wildman–Crippen MR) is 120 cm³/mol. The molecule has 0 atom stereocenters. The van der Waals surface area contributed by atoms with Crippen molar-refractivity contribution in [1.29, 1.82) is 0 Å². The summed E-state index contributed by atoms with van der Waals surface area (Å²) in [6.45, 7) is 1.46. The number of carbonyl (C=O) groups excluding carboxylic acids is 1. The highest BCUT2D eigenvalue weighted by atomic mass is 35.5. The Balaban J connectivity index is 1.60. The van der Waals surface area contributed by atoms with Crippen molar-refractivity contribution in [2.45, 2.75) is 4.90 Å². The molecule has 1 N–H and O–H groups in total. The molecule has 2 aromatic rings. The number of methoxy groups -OCH3 is 2. The zero-order valence-electron chi connectivity index (χ0n) is 17.1. The van der Waals surface area contributed by atoms with Gasteiger partial charge >= 0.3 is 0 Å². The molecule has 0 aromatic heterocycles. The lowest BCUT2D eigenvalue weighted by atomic mass is 10.2. The van der Waals surface area contributed by atoms with Gasteiger partial charge < -0.3 is 14.8 Å². The molecule has 1 aliphatic rings. The van der Waals surface area contributed by atoms with Gasteiger partial charge in [0.2, 0.25) is 15.9 Å². The highest BCUT2D eigenvalue weighted by molar-refractivity contribution is 7.89. The van der Waals surface area contributed by atoms with E-state index in [1.807, 2.05) is 4.90 Å². The molecule has 31 heavy (non-hydrogen) atoms. The van der Waals surface area contributed by atoms with Gasteiger partial charge in [0, 0.05) is 32.2 Å². The summed E-state index contributed by atoms with van der Waals surface area (Å²) in [4.78, 5) is 14.5. The van der Waals surface area contributed by atoms with Gasteiger partial charge in [-0.2, -0.15) is 4.31 Å². The Bertz CT molecular complexity index is 1060. The number of hydrogen-bond donors (Lipinski definition) is 1. The van der Waals surface area contributed by atoms with Crippen LogP contribution in [-0.4, -0.2) is 70.5 Å². The molecule has 2 aromatic carbocycles. The van der Waals surface area contributed by atoms with E-state index in [-0.39, 0.29) is 35.5 Å². The molecule has 1 fully saturated rings. The van der Waals surface area contributed by atoms with Crippen LogP contribution in [0.25, 0.3) is 0 Å². The maximum Gasteiger partial charge on any atom is 0.244 e. The molecule has 168 valence electrons. The molecule has 0 bridgehead atoms. The third-order valence-corrected chi connectivity index (χ3v) is 7.59. The maximum atomic E-state index is 12.8. The van der Waals surface area contributed by atoms with Gasteiger partial charge in [0.25, 0.3) is 0 Å². The number of hydrogen-bond acceptors (Lipinski definition) is 6. The molecule has 1 aliphatic heterocycles. The summed E-state index contributed by atoms with van der Waals surface area (Å²) in [5.74, 6) is 0.597. The Hall–Kier alpha value is -2.04. The van der Waals surface area contributed by atoms with E-state index in [2.05, 4.69) is 5.32 Å². The molecule has 0 aliphatic carbocycles. The van der Waals surface area contributed by atoms with Gasteiger partial charge in [0.05, 0.1) is 36.5 Å². The van der Waals surface area contributed by atoms with Crippen molar-refractivity contribution in [2.75, 3.05) is 52.3 Å². The van der Waals surface area contributed by atoms with E-state index in [0.717, 1.165) is 0 Å². The maximum absolute atomic E-state index is 12.8. The fourth-order valence-electron chi connectivity index (χ4n) is 3.27. The van der Waals surface area contributed by atoms with Gasteiger partial charge in [-0.05, 0) is 18.2 Å². The molecule has 0 unspecified atom stereocenters. The van der Waals surface area contributed by atoms with Crippen LogP contribution in [0, 0.1) is 0 Å². The molecule has 1 heterocycles. The Labute approximate surface area is 191 Å². The van der Waals surface area contributed by atoms with Gasteiger partial charge in [-0.15, -0.1) is 0 Å². The topological polar surface area (TPSA) is 88.2 Å². The summed E-state index contributed by atoms with van der Waals surface area (Å²) >= 11 is 12.2. The van der Waals surface area contributed by atoms with Gasteiger partial charge in [0.15, 0.2) is 0 Å². The van der Waals surface area contributed by atoms with Crippen molar-refractivity contribution in [3.05, 3.63) is 46.4 Å². The van der Waals surface area contributed by atoms with Gasteiger partial charge in [-0.1, -0.05) is 35.3 Å². The lowest BCUT2D eigenvalue weighted by Crippen LogP contribution is -2.50. The first-order chi connectivity index (χ1) is 14.8. The molecule has 0 saturated carbocycles. The normalized spacial score (nSPS) is 15.5. The van der Waals surface area contributed by atoms with E-state index in [1.165, 1.54) is 24.6 Å². The highest BCUT2D eigenvalue weighted by Gasteiger charge is 2.30.